The van der Waals surface area contributed by atoms with E-state index in [4.69, 9.17) is 5.21 Å². The van der Waals surface area contributed by atoms with E-state index in [1.165, 1.54) is 24.3 Å². The number of benzene rings is 2. The highest BCUT2D eigenvalue weighted by Crippen LogP contribution is 2.44. The molecule has 2 unspecified atom stereocenters. The molecule has 3 N–H and O–H groups in total. The molecular weight excluding hydrogens is 567 g/mol. The molecule has 2 aromatic rings. The van der Waals surface area contributed by atoms with Crippen LogP contribution >= 0.6 is 34.4 Å². The van der Waals surface area contributed by atoms with E-state index in [-0.39, 0.29) is 23.4 Å². The lowest BCUT2D eigenvalue weighted by atomic mass is 10.1. The van der Waals surface area contributed by atoms with Crippen molar-refractivity contribution in [3.63, 3.8) is 0 Å². The molecule has 0 radical (unpaired) electrons. The van der Waals surface area contributed by atoms with Crippen LogP contribution in [0.15, 0.2) is 47.4 Å². The summed E-state index contributed by atoms with van der Waals surface area (Å²) in [6.07, 6.45) is 0.498. The first kappa shape index (κ1) is 24.7. The predicted octanol–water partition coefficient (Wildman–Crippen LogP) is 2.68. The summed E-state index contributed by atoms with van der Waals surface area (Å²) in [7, 11) is -4.14. The van der Waals surface area contributed by atoms with E-state index in [0.717, 1.165) is 3.57 Å². The van der Waals surface area contributed by atoms with Gasteiger partial charge in [-0.1, -0.05) is 11.8 Å². The molecule has 1 fully saturated rings. The maximum atomic E-state index is 13.3. The number of hydrogen-bond acceptors (Lipinski definition) is 7. The molecule has 0 bridgehead atoms. The minimum Gasteiger partial charge on any atom is -0.595 e. The first-order valence-corrected chi connectivity index (χ1v) is 12.8. The van der Waals surface area contributed by atoms with Crippen molar-refractivity contribution in [1.29, 1.82) is 0 Å². The zero-order chi connectivity index (χ0) is 23.5. The maximum absolute atomic E-state index is 13.3. The quantitative estimate of drug-likeness (QED) is 0.206. The maximum Gasteiger partial charge on any atom is 0.287 e. The SMILES string of the molecule is Cc1cc([NH+]([O-])O)ccc1C#CCCCC1(S(=O)(=O)c2ccc(I)cc2)SC(=O)NC1=O. The fourth-order valence-electron chi connectivity index (χ4n) is 3.19. The molecule has 168 valence electrons. The number of carbonyl (C=O) groups excluding carboxylic acids is 2. The number of hydrogen-bond donors (Lipinski definition) is 3. The molecule has 2 amide bonds. The Labute approximate surface area is 203 Å². The van der Waals surface area contributed by atoms with Gasteiger partial charge in [0.25, 0.3) is 11.1 Å². The van der Waals surface area contributed by atoms with Crippen LogP contribution < -0.4 is 10.5 Å². The Kier molecular flexibility index (Phi) is 7.64. The van der Waals surface area contributed by atoms with Gasteiger partial charge in [0.05, 0.1) is 4.90 Å². The number of carbonyl (C=O) groups is 2. The summed E-state index contributed by atoms with van der Waals surface area (Å²) < 4.78 is 25.6. The van der Waals surface area contributed by atoms with E-state index < -0.39 is 30.3 Å². The molecule has 8 nitrogen and oxygen atoms in total. The molecule has 0 aliphatic carbocycles. The number of nitrogens with one attached hydrogen (secondary N) is 2. The van der Waals surface area contributed by atoms with Crippen molar-refractivity contribution in [3.8, 4) is 11.8 Å². The fourth-order valence-corrected chi connectivity index (χ4v) is 6.92. The van der Waals surface area contributed by atoms with Crippen molar-refractivity contribution < 1.29 is 28.4 Å². The normalized spacial score (nSPS) is 19.2. The minimum atomic E-state index is -4.14. The number of thioether (sulfide) groups is 1. The van der Waals surface area contributed by atoms with Gasteiger partial charge in [-0.15, -0.1) is 0 Å². The number of imide groups is 1. The van der Waals surface area contributed by atoms with E-state index in [1.807, 2.05) is 22.6 Å². The van der Waals surface area contributed by atoms with Gasteiger partial charge in [-0.05, 0) is 90.0 Å². The van der Waals surface area contributed by atoms with Crippen molar-refractivity contribution in [1.82, 2.24) is 5.32 Å². The molecule has 0 aromatic heterocycles. The van der Waals surface area contributed by atoms with Gasteiger partial charge in [0, 0.05) is 27.7 Å². The fraction of sp³-hybridized carbons (Fsp3) is 0.238. The molecule has 1 saturated heterocycles. The van der Waals surface area contributed by atoms with Crippen molar-refractivity contribution in [2.75, 3.05) is 0 Å². The van der Waals surface area contributed by atoms with Crippen LogP contribution in [-0.2, 0) is 14.6 Å². The van der Waals surface area contributed by atoms with E-state index in [9.17, 15) is 23.2 Å². The average Bonchev–Trinajstić information content (AvgIpc) is 3.03. The van der Waals surface area contributed by atoms with Crippen molar-refractivity contribution in [3.05, 3.63) is 62.4 Å². The predicted molar refractivity (Wildman–Crippen MR) is 128 cm³/mol. The van der Waals surface area contributed by atoms with Gasteiger partial charge in [0.1, 0.15) is 0 Å². The highest BCUT2D eigenvalue weighted by Gasteiger charge is 2.57. The Morgan fingerprint density at radius 3 is 2.47 bits per heavy atom. The summed E-state index contributed by atoms with van der Waals surface area (Å²) in [4.78, 5) is 24.5. The molecule has 2 aromatic carbocycles. The first-order chi connectivity index (χ1) is 15.1. The van der Waals surface area contributed by atoms with E-state index in [0.29, 0.717) is 29.3 Å². The van der Waals surface area contributed by atoms with E-state index in [2.05, 4.69) is 17.2 Å². The standard InChI is InChI=1S/C21H19IN2O6S2/c1-14-13-17(24(27)28)9-6-15(14)5-3-2-4-12-21(19(25)23-20(26)31-21)32(29,30)18-10-7-16(22)8-11-18/h6-11,13,24,27H,2,4,12H2,1H3,(H,23,25,26). The average molecular weight is 586 g/mol. The van der Waals surface area contributed by atoms with Crippen LogP contribution in [0.3, 0.4) is 0 Å². The topological polar surface area (TPSA) is 128 Å². The van der Waals surface area contributed by atoms with Gasteiger partial charge in [-0.2, -0.15) is 5.23 Å². The molecule has 11 heteroatoms. The van der Waals surface area contributed by atoms with Crippen molar-refractivity contribution >= 4 is 61.0 Å². The van der Waals surface area contributed by atoms with Crippen LogP contribution in [0.1, 0.15) is 30.4 Å². The van der Waals surface area contributed by atoms with E-state index >= 15 is 0 Å². The third-order valence-electron chi connectivity index (χ3n) is 4.88. The molecule has 0 saturated carbocycles. The Hall–Kier alpha value is -1.95. The van der Waals surface area contributed by atoms with Gasteiger partial charge < -0.3 is 5.21 Å². The molecule has 1 aliphatic heterocycles. The molecule has 1 aliphatic rings. The lowest BCUT2D eigenvalue weighted by Crippen LogP contribution is -2.99. The number of rotatable bonds is 6. The highest BCUT2D eigenvalue weighted by molar-refractivity contribution is 14.1. The zero-order valence-electron chi connectivity index (χ0n) is 16.8. The van der Waals surface area contributed by atoms with Crippen LogP contribution in [0.2, 0.25) is 0 Å². The summed E-state index contributed by atoms with van der Waals surface area (Å²) in [5.41, 5.74) is 1.55. The Bertz CT molecular complexity index is 1220. The number of sulfone groups is 1. The largest absolute Gasteiger partial charge is 0.595 e. The smallest absolute Gasteiger partial charge is 0.287 e. The van der Waals surface area contributed by atoms with Crippen LogP contribution in [0.4, 0.5) is 10.5 Å². The van der Waals surface area contributed by atoms with Gasteiger partial charge in [0.15, 0.2) is 5.69 Å². The Morgan fingerprint density at radius 2 is 1.91 bits per heavy atom. The van der Waals surface area contributed by atoms with Crippen molar-refractivity contribution in [2.45, 2.75) is 35.2 Å². The monoisotopic (exact) mass is 586 g/mol. The molecule has 2 atom stereocenters. The number of halogens is 1. The Balaban J connectivity index is 1.78. The third kappa shape index (κ3) is 5.00. The minimum absolute atomic E-state index is 0.0181. The molecule has 32 heavy (non-hydrogen) atoms. The lowest BCUT2D eigenvalue weighted by molar-refractivity contribution is -0.991. The van der Waals surface area contributed by atoms with Crippen molar-refractivity contribution in [2.24, 2.45) is 0 Å². The first-order valence-electron chi connectivity index (χ1n) is 9.44. The van der Waals surface area contributed by atoms with Gasteiger partial charge in [-0.3, -0.25) is 14.9 Å². The zero-order valence-corrected chi connectivity index (χ0v) is 20.6. The molecule has 1 heterocycles. The van der Waals surface area contributed by atoms with Gasteiger partial charge in [0.2, 0.25) is 13.9 Å². The second kappa shape index (κ2) is 9.90. The van der Waals surface area contributed by atoms with Crippen LogP contribution in [0.25, 0.3) is 0 Å². The summed E-state index contributed by atoms with van der Waals surface area (Å²) in [6, 6.07) is 10.7. The van der Waals surface area contributed by atoms with Gasteiger partial charge in [-0.25, -0.2) is 13.6 Å². The highest BCUT2D eigenvalue weighted by atomic mass is 127. The third-order valence-corrected chi connectivity index (χ3v) is 9.67. The van der Waals surface area contributed by atoms with Crippen LogP contribution in [0.5, 0.6) is 0 Å². The second-order valence-corrected chi connectivity index (χ2v) is 12.0. The number of amides is 2. The van der Waals surface area contributed by atoms with Crippen LogP contribution in [-0.4, -0.2) is 28.9 Å². The van der Waals surface area contributed by atoms with Crippen LogP contribution in [0, 0.1) is 27.5 Å². The van der Waals surface area contributed by atoms with Gasteiger partial charge >= 0.3 is 0 Å². The summed E-state index contributed by atoms with van der Waals surface area (Å²) in [5.74, 6) is 5.05. The molecule has 0 spiro atoms. The number of aryl methyl sites for hydroxylation is 1. The summed E-state index contributed by atoms with van der Waals surface area (Å²) in [5, 5.41) is 20.5. The number of quaternary nitrogens is 1. The number of unbranched alkanes of at least 4 members (excludes halogenated alkanes) is 1. The molecule has 3 rings (SSSR count). The summed E-state index contributed by atoms with van der Waals surface area (Å²) >= 11 is 2.54. The summed E-state index contributed by atoms with van der Waals surface area (Å²) in [6.45, 7) is 1.75. The molecular formula is C21H19IN2O6S2. The second-order valence-electron chi connectivity index (χ2n) is 7.04. The Morgan fingerprint density at radius 1 is 1.22 bits per heavy atom. The lowest BCUT2D eigenvalue weighted by Gasteiger charge is -2.24. The van der Waals surface area contributed by atoms with E-state index in [1.54, 1.807) is 25.1 Å².